The third-order valence-electron chi connectivity index (χ3n) is 3.09. The van der Waals surface area contributed by atoms with Crippen LogP contribution in [0, 0.1) is 16.7 Å². The van der Waals surface area contributed by atoms with Gasteiger partial charge in [-0.15, -0.1) is 0 Å². The van der Waals surface area contributed by atoms with E-state index in [0.717, 1.165) is 12.8 Å². The van der Waals surface area contributed by atoms with Crippen LogP contribution in [0.5, 0.6) is 0 Å². The number of carbonyl (C=O) groups excluding carboxylic acids is 1. The average Bonchev–Trinajstić information content (AvgIpc) is 2.30. The Morgan fingerprint density at radius 1 is 1.56 bits per heavy atom. The van der Waals surface area contributed by atoms with Gasteiger partial charge in [-0.1, -0.05) is 13.3 Å². The molecule has 4 heteroatoms. The first kappa shape index (κ1) is 13.0. The second kappa shape index (κ2) is 5.86. The lowest BCUT2D eigenvalue weighted by atomic mass is 9.80. The molecule has 1 amide bonds. The van der Waals surface area contributed by atoms with Crippen LogP contribution in [0.25, 0.3) is 0 Å². The topological polar surface area (TPSA) is 62.1 Å². The number of rotatable bonds is 4. The van der Waals surface area contributed by atoms with Gasteiger partial charge in [0.05, 0.1) is 6.07 Å². The zero-order chi connectivity index (χ0) is 12.0. The van der Waals surface area contributed by atoms with Crippen molar-refractivity contribution >= 4 is 5.91 Å². The van der Waals surface area contributed by atoms with Crippen LogP contribution in [0.4, 0.5) is 0 Å². The molecule has 0 aromatic carbocycles. The van der Waals surface area contributed by atoms with Crippen molar-refractivity contribution in [2.24, 2.45) is 5.41 Å². The highest BCUT2D eigenvalue weighted by atomic mass is 16.5. The monoisotopic (exact) mass is 224 g/mol. The lowest BCUT2D eigenvalue weighted by molar-refractivity contribution is -0.133. The molecule has 1 aliphatic rings. The minimum atomic E-state index is -0.861. The number of nitrogens with one attached hydrogen (secondary N) is 1. The van der Waals surface area contributed by atoms with E-state index in [2.05, 4.69) is 18.3 Å². The van der Waals surface area contributed by atoms with Crippen molar-refractivity contribution in [2.75, 3.05) is 13.2 Å². The lowest BCUT2D eigenvalue weighted by Crippen LogP contribution is -2.46. The Bertz CT molecular complexity index is 277. The smallest absolute Gasteiger partial charge is 0.240 e. The molecular weight excluding hydrogens is 204 g/mol. The maximum Gasteiger partial charge on any atom is 0.240 e. The standard InChI is InChI=1S/C12H20N2O2/c1-3-4-10(2)14-11(15)12(9-13)5-7-16-8-6-12/h10H,3-8H2,1-2H3,(H,14,15). The Morgan fingerprint density at radius 2 is 2.19 bits per heavy atom. The summed E-state index contributed by atoms with van der Waals surface area (Å²) >= 11 is 0. The van der Waals surface area contributed by atoms with Crippen LogP contribution >= 0.6 is 0 Å². The van der Waals surface area contributed by atoms with Crippen molar-refractivity contribution in [1.29, 1.82) is 5.26 Å². The van der Waals surface area contributed by atoms with Gasteiger partial charge in [0.1, 0.15) is 5.41 Å². The minimum absolute atomic E-state index is 0.126. The van der Waals surface area contributed by atoms with Gasteiger partial charge in [0.2, 0.25) is 5.91 Å². The van der Waals surface area contributed by atoms with E-state index < -0.39 is 5.41 Å². The van der Waals surface area contributed by atoms with E-state index >= 15 is 0 Å². The minimum Gasteiger partial charge on any atom is -0.381 e. The normalized spacial score (nSPS) is 20.8. The molecule has 90 valence electrons. The molecule has 16 heavy (non-hydrogen) atoms. The summed E-state index contributed by atoms with van der Waals surface area (Å²) in [6, 6.07) is 2.32. The van der Waals surface area contributed by atoms with E-state index in [4.69, 9.17) is 4.74 Å². The van der Waals surface area contributed by atoms with Crippen LogP contribution < -0.4 is 5.32 Å². The zero-order valence-corrected chi connectivity index (χ0v) is 10.1. The van der Waals surface area contributed by atoms with E-state index in [1.807, 2.05) is 6.92 Å². The fourth-order valence-electron chi connectivity index (χ4n) is 1.98. The Morgan fingerprint density at radius 3 is 2.69 bits per heavy atom. The second-order valence-corrected chi connectivity index (χ2v) is 4.47. The fraction of sp³-hybridized carbons (Fsp3) is 0.833. The molecule has 0 radical (unpaired) electrons. The third kappa shape index (κ3) is 2.96. The quantitative estimate of drug-likeness (QED) is 0.789. The van der Waals surface area contributed by atoms with Crippen molar-refractivity contribution < 1.29 is 9.53 Å². The molecule has 1 atom stereocenters. The highest BCUT2D eigenvalue weighted by molar-refractivity contribution is 5.85. The van der Waals surface area contributed by atoms with E-state index in [1.165, 1.54) is 0 Å². The second-order valence-electron chi connectivity index (χ2n) is 4.47. The Balaban J connectivity index is 2.59. The summed E-state index contributed by atoms with van der Waals surface area (Å²) in [6.45, 7) is 5.06. The summed E-state index contributed by atoms with van der Waals surface area (Å²) in [5.74, 6) is -0.126. The first-order valence-corrected chi connectivity index (χ1v) is 5.94. The number of hydrogen-bond acceptors (Lipinski definition) is 3. The van der Waals surface area contributed by atoms with Gasteiger partial charge in [-0.05, 0) is 26.2 Å². The summed E-state index contributed by atoms with van der Waals surface area (Å²) in [6.07, 6.45) is 3.00. The Labute approximate surface area is 97.0 Å². The van der Waals surface area contributed by atoms with E-state index in [1.54, 1.807) is 0 Å². The van der Waals surface area contributed by atoms with Crippen molar-refractivity contribution in [1.82, 2.24) is 5.32 Å². The predicted molar refractivity (Wildman–Crippen MR) is 60.6 cm³/mol. The van der Waals surface area contributed by atoms with Crippen LogP contribution in [-0.2, 0) is 9.53 Å². The fourth-order valence-corrected chi connectivity index (χ4v) is 1.98. The molecule has 1 fully saturated rings. The van der Waals surface area contributed by atoms with Gasteiger partial charge in [0.25, 0.3) is 0 Å². The largest absolute Gasteiger partial charge is 0.381 e. The molecule has 0 aromatic heterocycles. The van der Waals surface area contributed by atoms with Gasteiger partial charge < -0.3 is 10.1 Å². The molecule has 0 spiro atoms. The zero-order valence-electron chi connectivity index (χ0n) is 10.1. The van der Waals surface area contributed by atoms with Gasteiger partial charge in [-0.3, -0.25) is 4.79 Å². The number of carbonyl (C=O) groups is 1. The number of nitrogens with zero attached hydrogens (tertiary/aromatic N) is 1. The molecule has 1 unspecified atom stereocenters. The van der Waals surface area contributed by atoms with Crippen molar-refractivity contribution in [2.45, 2.75) is 45.6 Å². The average molecular weight is 224 g/mol. The first-order valence-electron chi connectivity index (χ1n) is 5.94. The molecule has 0 aromatic rings. The van der Waals surface area contributed by atoms with Crippen LogP contribution in [0.15, 0.2) is 0 Å². The number of ether oxygens (including phenoxy) is 1. The Hall–Kier alpha value is -1.08. The van der Waals surface area contributed by atoms with Crippen LogP contribution in [0.2, 0.25) is 0 Å². The number of amides is 1. The summed E-state index contributed by atoms with van der Waals surface area (Å²) in [5, 5.41) is 12.1. The molecule has 1 aliphatic heterocycles. The Kier molecular flexibility index (Phi) is 4.75. The van der Waals surface area contributed by atoms with Crippen LogP contribution in [0.1, 0.15) is 39.5 Å². The molecule has 4 nitrogen and oxygen atoms in total. The highest BCUT2D eigenvalue weighted by Gasteiger charge is 2.40. The predicted octanol–water partition coefficient (Wildman–Crippen LogP) is 1.61. The SMILES string of the molecule is CCCC(C)NC(=O)C1(C#N)CCOCC1. The molecule has 1 N–H and O–H groups in total. The molecule has 0 bridgehead atoms. The molecule has 1 saturated heterocycles. The van der Waals surface area contributed by atoms with Crippen molar-refractivity contribution in [3.05, 3.63) is 0 Å². The maximum atomic E-state index is 12.0. The van der Waals surface area contributed by atoms with E-state index in [-0.39, 0.29) is 11.9 Å². The molecular formula is C12H20N2O2. The summed E-state index contributed by atoms with van der Waals surface area (Å²) in [4.78, 5) is 12.0. The van der Waals surface area contributed by atoms with Gasteiger partial charge >= 0.3 is 0 Å². The molecule has 0 saturated carbocycles. The van der Waals surface area contributed by atoms with E-state index in [0.29, 0.717) is 26.1 Å². The van der Waals surface area contributed by atoms with Crippen molar-refractivity contribution in [3.8, 4) is 6.07 Å². The summed E-state index contributed by atoms with van der Waals surface area (Å²) in [7, 11) is 0. The summed E-state index contributed by atoms with van der Waals surface area (Å²) < 4.78 is 5.20. The maximum absolute atomic E-state index is 12.0. The lowest BCUT2D eigenvalue weighted by Gasteiger charge is -2.30. The molecule has 1 rings (SSSR count). The van der Waals surface area contributed by atoms with Crippen LogP contribution in [0.3, 0.4) is 0 Å². The van der Waals surface area contributed by atoms with E-state index in [9.17, 15) is 10.1 Å². The van der Waals surface area contributed by atoms with Crippen molar-refractivity contribution in [3.63, 3.8) is 0 Å². The number of nitriles is 1. The molecule has 0 aliphatic carbocycles. The first-order chi connectivity index (χ1) is 7.64. The number of hydrogen-bond donors (Lipinski definition) is 1. The van der Waals surface area contributed by atoms with Gasteiger partial charge in [0.15, 0.2) is 0 Å². The third-order valence-corrected chi connectivity index (χ3v) is 3.09. The summed E-state index contributed by atoms with van der Waals surface area (Å²) in [5.41, 5.74) is -0.861. The van der Waals surface area contributed by atoms with Crippen LogP contribution in [-0.4, -0.2) is 25.2 Å². The highest BCUT2D eigenvalue weighted by Crippen LogP contribution is 2.30. The van der Waals surface area contributed by atoms with Gasteiger partial charge in [-0.2, -0.15) is 5.26 Å². The molecule has 1 heterocycles. The van der Waals surface area contributed by atoms with Gasteiger partial charge in [0, 0.05) is 19.3 Å². The van der Waals surface area contributed by atoms with Gasteiger partial charge in [-0.25, -0.2) is 0 Å².